The number of carbonyl (C=O) groups is 2. The van der Waals surface area contributed by atoms with Crippen molar-refractivity contribution in [3.8, 4) is 11.5 Å². The molecule has 3 N–H and O–H groups in total. The molecule has 3 heterocycles. The van der Waals surface area contributed by atoms with Crippen LogP contribution in [-0.4, -0.2) is 50.2 Å². The molecule has 1 fully saturated rings. The van der Waals surface area contributed by atoms with Gasteiger partial charge in [-0.05, 0) is 75.1 Å². The van der Waals surface area contributed by atoms with E-state index < -0.39 is 34.8 Å². The first kappa shape index (κ1) is 28.3. The molecule has 0 unspecified atom stereocenters. The maximum Gasteiger partial charge on any atom is 0.332 e. The van der Waals surface area contributed by atoms with E-state index in [1.807, 2.05) is 20.8 Å². The molecule has 1 aromatic rings. The average molecular weight is 553 g/mol. The summed E-state index contributed by atoms with van der Waals surface area (Å²) in [6.07, 6.45) is 8.15. The fourth-order valence-corrected chi connectivity index (χ4v) is 7.22. The van der Waals surface area contributed by atoms with Crippen LogP contribution in [-0.2, 0) is 25.5 Å². The lowest BCUT2D eigenvalue weighted by Gasteiger charge is -2.52. The van der Waals surface area contributed by atoms with Gasteiger partial charge in [-0.25, -0.2) is 9.59 Å². The SMILES string of the molecule is CC1=CC(=O)O[C@@]12C[C@H]1C[C@H](O)[C@@]3(C)Oc4cc(O)cc(C)c4C[C@H]3CC(C)(C)/C=C/C[C@]1(C)O/C2=C\C(=O)O. The zero-order chi connectivity index (χ0) is 29.3. The molecule has 1 spiro atoms. The Morgan fingerprint density at radius 3 is 2.42 bits per heavy atom. The Labute approximate surface area is 235 Å². The first-order valence-electron chi connectivity index (χ1n) is 14.0. The predicted octanol–water partition coefficient (Wildman–Crippen LogP) is 5.14. The number of carboxylic acids is 1. The van der Waals surface area contributed by atoms with Crippen molar-refractivity contribution < 1.29 is 39.1 Å². The minimum atomic E-state index is -1.34. The quantitative estimate of drug-likeness (QED) is 0.249. The average Bonchev–Trinajstić information content (AvgIpc) is 3.10. The van der Waals surface area contributed by atoms with Crippen LogP contribution in [0.5, 0.6) is 11.5 Å². The summed E-state index contributed by atoms with van der Waals surface area (Å²) in [6, 6.07) is 3.35. The van der Waals surface area contributed by atoms with Gasteiger partial charge in [-0.15, -0.1) is 0 Å². The highest BCUT2D eigenvalue weighted by atomic mass is 16.6. The van der Waals surface area contributed by atoms with Gasteiger partial charge in [0, 0.05) is 36.8 Å². The third kappa shape index (κ3) is 4.70. The fourth-order valence-electron chi connectivity index (χ4n) is 7.22. The number of phenolic OH excluding ortho intramolecular Hbond substituents is 1. The zero-order valence-corrected chi connectivity index (χ0v) is 24.1. The van der Waals surface area contributed by atoms with E-state index in [2.05, 4.69) is 26.0 Å². The van der Waals surface area contributed by atoms with E-state index in [-0.39, 0.29) is 41.6 Å². The number of aliphatic hydroxyl groups excluding tert-OH is 1. The van der Waals surface area contributed by atoms with Crippen LogP contribution in [0.4, 0.5) is 0 Å². The molecule has 8 heteroatoms. The van der Waals surface area contributed by atoms with E-state index in [1.54, 1.807) is 19.1 Å². The highest BCUT2D eigenvalue weighted by Gasteiger charge is 2.59. The van der Waals surface area contributed by atoms with Crippen LogP contribution in [0.3, 0.4) is 0 Å². The fraction of sp³-hybridized carbons (Fsp3) is 0.562. The predicted molar refractivity (Wildman–Crippen MR) is 148 cm³/mol. The van der Waals surface area contributed by atoms with Gasteiger partial charge in [-0.2, -0.15) is 0 Å². The number of phenols is 1. The van der Waals surface area contributed by atoms with Crippen LogP contribution >= 0.6 is 0 Å². The van der Waals surface area contributed by atoms with Gasteiger partial charge >= 0.3 is 11.9 Å². The van der Waals surface area contributed by atoms with Crippen LogP contribution in [0.25, 0.3) is 0 Å². The Morgan fingerprint density at radius 2 is 1.77 bits per heavy atom. The lowest BCUT2D eigenvalue weighted by Crippen LogP contribution is -2.58. The molecule has 3 aliphatic heterocycles. The Balaban J connectivity index is 1.60. The second kappa shape index (κ2) is 9.40. The van der Waals surface area contributed by atoms with Gasteiger partial charge in [0.2, 0.25) is 0 Å². The molecule has 8 nitrogen and oxygen atoms in total. The van der Waals surface area contributed by atoms with Gasteiger partial charge in [0.25, 0.3) is 0 Å². The monoisotopic (exact) mass is 552 g/mol. The van der Waals surface area contributed by atoms with Crippen molar-refractivity contribution in [1.29, 1.82) is 0 Å². The molecule has 1 aliphatic carbocycles. The number of benzene rings is 1. The Morgan fingerprint density at radius 1 is 1.05 bits per heavy atom. The van der Waals surface area contributed by atoms with Gasteiger partial charge < -0.3 is 29.5 Å². The molecule has 5 rings (SSSR count). The van der Waals surface area contributed by atoms with Gasteiger partial charge in [0.05, 0.1) is 12.2 Å². The summed E-state index contributed by atoms with van der Waals surface area (Å²) in [5, 5.41) is 32.0. The number of hydrogen-bond acceptors (Lipinski definition) is 7. The molecule has 216 valence electrons. The third-order valence-electron chi connectivity index (χ3n) is 9.68. The number of esters is 1. The maximum absolute atomic E-state index is 12.4. The van der Waals surface area contributed by atoms with E-state index in [1.165, 1.54) is 6.08 Å². The topological polar surface area (TPSA) is 123 Å². The Kier molecular flexibility index (Phi) is 6.64. The van der Waals surface area contributed by atoms with E-state index in [9.17, 15) is 24.9 Å². The number of fused-ring (bicyclic) bond motifs is 3. The number of aliphatic hydroxyl groups is 1. The number of allylic oxidation sites excluding steroid dienone is 1. The number of carbonyl (C=O) groups excluding carboxylic acids is 1. The Hall–Kier alpha value is -3.26. The van der Waals surface area contributed by atoms with E-state index in [0.29, 0.717) is 24.2 Å². The summed E-state index contributed by atoms with van der Waals surface area (Å²) in [4.78, 5) is 24.2. The molecule has 0 radical (unpaired) electrons. The van der Waals surface area contributed by atoms with Crippen LogP contribution in [0, 0.1) is 24.2 Å². The van der Waals surface area contributed by atoms with Gasteiger partial charge in [0.1, 0.15) is 22.7 Å². The van der Waals surface area contributed by atoms with Crippen LogP contribution < -0.4 is 4.74 Å². The summed E-state index contributed by atoms with van der Waals surface area (Å²) in [5.74, 6) is -1.30. The second-order valence-electron chi connectivity index (χ2n) is 13.2. The second-order valence-corrected chi connectivity index (χ2v) is 13.2. The highest BCUT2D eigenvalue weighted by Crippen LogP contribution is 2.54. The largest absolute Gasteiger partial charge is 0.508 e. The number of carboxylic acid groups (broad SMARTS) is 1. The summed E-state index contributed by atoms with van der Waals surface area (Å²) in [7, 11) is 0. The number of hydrogen-bond donors (Lipinski definition) is 3. The molecule has 0 saturated carbocycles. The summed E-state index contributed by atoms with van der Waals surface area (Å²) in [5.41, 5.74) is -0.875. The molecule has 40 heavy (non-hydrogen) atoms. The lowest BCUT2D eigenvalue weighted by molar-refractivity contribution is -0.178. The standard InChI is InChI=1S/C32H40O8/c1-18-10-22(33)14-24-23(18)12-21-16-29(3,4)8-7-9-30(5)20(13-25(34)31(21,6)38-24)17-32(19(2)11-28(37)40-32)26(39-30)15-27(35)36/h7-8,10-11,14-15,20-21,25,33-34H,9,12-13,16-17H2,1-6H3,(H,35,36)/b8-7+,26-15-/t20-,21+,25+,30+,31+,32+/m1/s1. The van der Waals surface area contributed by atoms with Gasteiger partial charge in [0.15, 0.2) is 11.4 Å². The lowest BCUT2D eigenvalue weighted by atomic mass is 9.66. The summed E-state index contributed by atoms with van der Waals surface area (Å²) >= 11 is 0. The number of aromatic hydroxyl groups is 1. The number of ether oxygens (including phenoxy) is 3. The molecule has 0 aromatic heterocycles. The zero-order valence-electron chi connectivity index (χ0n) is 24.1. The van der Waals surface area contributed by atoms with Crippen LogP contribution in [0.2, 0.25) is 0 Å². The summed E-state index contributed by atoms with van der Waals surface area (Å²) < 4.78 is 18.9. The van der Waals surface area contributed by atoms with Crippen molar-refractivity contribution in [3.63, 3.8) is 0 Å². The minimum absolute atomic E-state index is 0.0332. The van der Waals surface area contributed by atoms with Crippen molar-refractivity contribution in [2.24, 2.45) is 17.3 Å². The van der Waals surface area contributed by atoms with Crippen LogP contribution in [0.1, 0.15) is 71.4 Å². The molecule has 6 atom stereocenters. The minimum Gasteiger partial charge on any atom is -0.508 e. The van der Waals surface area contributed by atoms with E-state index in [4.69, 9.17) is 14.2 Å². The normalized spacial score (nSPS) is 38.5. The smallest absolute Gasteiger partial charge is 0.332 e. The molecular weight excluding hydrogens is 512 g/mol. The van der Waals surface area contributed by atoms with E-state index in [0.717, 1.165) is 23.6 Å². The highest BCUT2D eigenvalue weighted by molar-refractivity contribution is 5.88. The first-order valence-corrected chi connectivity index (χ1v) is 14.0. The van der Waals surface area contributed by atoms with Crippen molar-refractivity contribution in [2.45, 2.75) is 96.6 Å². The van der Waals surface area contributed by atoms with Crippen molar-refractivity contribution in [1.82, 2.24) is 0 Å². The molecule has 4 aliphatic rings. The Bertz CT molecular complexity index is 1340. The van der Waals surface area contributed by atoms with Crippen LogP contribution in [0.15, 0.2) is 47.8 Å². The van der Waals surface area contributed by atoms with Gasteiger partial charge in [-0.3, -0.25) is 0 Å². The first-order chi connectivity index (χ1) is 18.6. The molecule has 0 bridgehead atoms. The summed E-state index contributed by atoms with van der Waals surface area (Å²) in [6.45, 7) is 11.9. The number of rotatable bonds is 1. The molecular formula is C32H40O8. The molecule has 0 amide bonds. The van der Waals surface area contributed by atoms with Gasteiger partial charge in [-0.1, -0.05) is 26.0 Å². The van der Waals surface area contributed by atoms with Crippen molar-refractivity contribution in [2.75, 3.05) is 0 Å². The molecule has 1 aromatic carbocycles. The third-order valence-corrected chi connectivity index (χ3v) is 9.68. The number of aryl methyl sites for hydroxylation is 1. The number of aliphatic carboxylic acids is 1. The van der Waals surface area contributed by atoms with Crippen molar-refractivity contribution >= 4 is 11.9 Å². The maximum atomic E-state index is 12.4. The van der Waals surface area contributed by atoms with E-state index >= 15 is 0 Å². The van der Waals surface area contributed by atoms with Crippen molar-refractivity contribution in [3.05, 3.63) is 58.9 Å². The molecule has 1 saturated heterocycles.